The fourth-order valence-electron chi connectivity index (χ4n) is 4.74. The van der Waals surface area contributed by atoms with Crippen molar-refractivity contribution in [2.75, 3.05) is 0 Å². The summed E-state index contributed by atoms with van der Waals surface area (Å²) in [5, 5.41) is 7.03. The molecule has 0 fully saturated rings. The number of halogens is 4. The Hall–Kier alpha value is -1.86. The van der Waals surface area contributed by atoms with Crippen molar-refractivity contribution in [1.82, 2.24) is 0 Å². The molecule has 0 saturated heterocycles. The summed E-state index contributed by atoms with van der Waals surface area (Å²) in [5.41, 5.74) is 5.33. The van der Waals surface area contributed by atoms with E-state index in [0.717, 1.165) is 27.6 Å². The van der Waals surface area contributed by atoms with Crippen LogP contribution in [0.25, 0.3) is 21.5 Å². The van der Waals surface area contributed by atoms with Gasteiger partial charge in [-0.3, -0.25) is 6.08 Å². The average Bonchev–Trinajstić information content (AvgIpc) is 3.64. The molecule has 0 aromatic heterocycles. The minimum atomic E-state index is 0. The second-order valence-electron chi connectivity index (χ2n) is 12.6. The summed E-state index contributed by atoms with van der Waals surface area (Å²) in [7, 11) is 0. The van der Waals surface area contributed by atoms with Crippen molar-refractivity contribution in [2.45, 2.75) is 58.8 Å². The molecule has 0 bridgehead atoms. The third-order valence-corrected chi connectivity index (χ3v) is 9.30. The molecule has 0 saturated carbocycles. The van der Waals surface area contributed by atoms with Crippen LogP contribution >= 0.6 is 48.0 Å². The molecule has 0 N–H and O–H groups in total. The van der Waals surface area contributed by atoms with Crippen molar-refractivity contribution in [3.63, 3.8) is 0 Å². The monoisotopic (exact) mass is 738 g/mol. The van der Waals surface area contributed by atoms with Gasteiger partial charge in [0.1, 0.15) is 0 Å². The maximum atomic E-state index is 6.17. The molecule has 5 aromatic carbocycles. The van der Waals surface area contributed by atoms with E-state index in [2.05, 4.69) is 96.2 Å². The van der Waals surface area contributed by atoms with Crippen LogP contribution in [-0.4, -0.2) is 3.21 Å². The van der Waals surface area contributed by atoms with E-state index in [-0.39, 0.29) is 35.6 Å². The van der Waals surface area contributed by atoms with Crippen molar-refractivity contribution >= 4 is 72.8 Å². The predicted molar refractivity (Wildman–Crippen MR) is 197 cm³/mol. The van der Waals surface area contributed by atoms with Gasteiger partial charge in [0.2, 0.25) is 0 Å². The fourth-order valence-corrected chi connectivity index (χ4v) is 6.67. The summed E-state index contributed by atoms with van der Waals surface area (Å²) in [6.07, 6.45) is 10.0. The number of rotatable bonds is 2. The molecular weight excluding hydrogens is 701 g/mol. The van der Waals surface area contributed by atoms with Gasteiger partial charge in [-0.15, -0.1) is 71.0 Å². The van der Waals surface area contributed by atoms with E-state index >= 15 is 0 Å². The maximum Gasteiger partial charge on any atom is -0.109 e. The number of hydrogen-bond donors (Lipinski definition) is 0. The zero-order valence-corrected chi connectivity index (χ0v) is 31.8. The van der Waals surface area contributed by atoms with Crippen molar-refractivity contribution in [2.24, 2.45) is 0 Å². The zero-order valence-electron chi connectivity index (χ0n) is 26.2. The zero-order chi connectivity index (χ0) is 30.5. The largest absolute Gasteiger partial charge is 0.273 e. The van der Waals surface area contributed by atoms with Crippen LogP contribution < -0.4 is 0 Å². The Kier molecular flexibility index (Phi) is 14.5. The Bertz CT molecular complexity index is 1640. The number of benzene rings is 4. The molecule has 0 aliphatic heterocycles. The summed E-state index contributed by atoms with van der Waals surface area (Å²) in [5.74, 6) is 0. The SMILES string of the molecule is CC(C)(C)c1ccc2[cH-]c3ccc(C(C)(C)C)cc3c2c1.Cl.Cl.Clc1ccccc1[C](=[Zr+2])c1ccccc1Cl.[C-]1=CC=CC1. The Morgan fingerprint density at radius 2 is 1.11 bits per heavy atom. The molecule has 5 heteroatoms. The van der Waals surface area contributed by atoms with Crippen LogP contribution in [0.2, 0.25) is 10.0 Å². The molecule has 0 amide bonds. The predicted octanol–water partition coefficient (Wildman–Crippen LogP) is 12.6. The second kappa shape index (κ2) is 16.6. The summed E-state index contributed by atoms with van der Waals surface area (Å²) in [6, 6.07) is 31.8. The molecule has 0 atom stereocenters. The molecule has 0 unspecified atom stereocenters. The van der Waals surface area contributed by atoms with Crippen molar-refractivity contribution < 1.29 is 24.2 Å². The molecule has 1 aliphatic rings. The van der Waals surface area contributed by atoms with Crippen LogP contribution in [0.4, 0.5) is 0 Å². The van der Waals surface area contributed by atoms with Crippen LogP contribution in [0.5, 0.6) is 0 Å². The van der Waals surface area contributed by atoms with Gasteiger partial charge in [0.05, 0.1) is 0 Å². The summed E-state index contributed by atoms with van der Waals surface area (Å²) >= 11 is 13.6. The van der Waals surface area contributed by atoms with E-state index in [0.29, 0.717) is 0 Å². The third kappa shape index (κ3) is 9.82. The first-order chi connectivity index (χ1) is 19.9. The van der Waals surface area contributed by atoms with E-state index in [9.17, 15) is 0 Å². The quantitative estimate of drug-likeness (QED) is 0.158. The molecular formula is C39H40Cl4Zr. The van der Waals surface area contributed by atoms with Gasteiger partial charge in [0.15, 0.2) is 0 Å². The van der Waals surface area contributed by atoms with E-state index in [1.807, 2.05) is 60.7 Å². The van der Waals surface area contributed by atoms with E-state index in [1.165, 1.54) is 60.1 Å². The van der Waals surface area contributed by atoms with Gasteiger partial charge in [0.25, 0.3) is 0 Å². The molecule has 0 heterocycles. The Balaban J connectivity index is 0.000000260. The summed E-state index contributed by atoms with van der Waals surface area (Å²) in [4.78, 5) is 0. The molecule has 6 rings (SSSR count). The van der Waals surface area contributed by atoms with Gasteiger partial charge in [-0.25, -0.2) is 12.2 Å². The van der Waals surface area contributed by atoms with Gasteiger partial charge in [0, 0.05) is 0 Å². The van der Waals surface area contributed by atoms with Gasteiger partial charge < -0.3 is 0 Å². The minimum Gasteiger partial charge on any atom is -0.273 e. The first-order valence-electron chi connectivity index (χ1n) is 14.3. The van der Waals surface area contributed by atoms with Gasteiger partial charge >= 0.3 is 120 Å². The van der Waals surface area contributed by atoms with E-state index < -0.39 is 0 Å². The van der Waals surface area contributed by atoms with Crippen LogP contribution in [0.15, 0.2) is 109 Å². The number of fused-ring (bicyclic) bond motifs is 3. The Morgan fingerprint density at radius 1 is 0.682 bits per heavy atom. The van der Waals surface area contributed by atoms with Crippen LogP contribution in [-0.2, 0) is 35.1 Å². The summed E-state index contributed by atoms with van der Waals surface area (Å²) in [6.45, 7) is 13.7. The standard InChI is InChI=1S/C21H25.C13H8Cl2.C5H5.2ClH.Zr/c1-20(2,3)16-9-7-14-11-15-8-10-17(21(4,5)6)13-19(15)18(14)12-16;14-12-7-3-1-5-10(12)9-11-6-2-4-8-13(11)15;1-2-4-5-3-1;;;/h7-13H,1-6H3;1-8H;1-3H,4H2;2*1H;/q-1;;-1;;;+2. The summed E-state index contributed by atoms with van der Waals surface area (Å²) < 4.78 is 1.18. The van der Waals surface area contributed by atoms with Crippen molar-refractivity contribution in [1.29, 1.82) is 0 Å². The smallest absolute Gasteiger partial charge is 0.109 e. The number of allylic oxidation sites excluding steroid dienone is 4. The average molecular weight is 742 g/mol. The molecule has 228 valence electrons. The van der Waals surface area contributed by atoms with Gasteiger partial charge in [-0.05, 0) is 10.8 Å². The van der Waals surface area contributed by atoms with Crippen molar-refractivity contribution in [3.05, 3.63) is 148 Å². The third-order valence-electron chi connectivity index (χ3n) is 7.31. The minimum absolute atomic E-state index is 0. The topological polar surface area (TPSA) is 0 Å². The van der Waals surface area contributed by atoms with Crippen LogP contribution in [0.3, 0.4) is 0 Å². The molecule has 44 heavy (non-hydrogen) atoms. The number of hydrogen-bond acceptors (Lipinski definition) is 0. The first kappa shape index (κ1) is 38.3. The van der Waals surface area contributed by atoms with Crippen molar-refractivity contribution in [3.8, 4) is 0 Å². The molecule has 0 spiro atoms. The molecule has 0 nitrogen and oxygen atoms in total. The molecule has 0 radical (unpaired) electrons. The molecule has 5 aromatic rings. The maximum absolute atomic E-state index is 6.17. The van der Waals surface area contributed by atoms with E-state index in [4.69, 9.17) is 23.2 Å². The molecule has 1 aliphatic carbocycles. The van der Waals surface area contributed by atoms with E-state index in [1.54, 1.807) is 0 Å². The second-order valence-corrected chi connectivity index (χ2v) is 14.6. The van der Waals surface area contributed by atoms with Crippen LogP contribution in [0.1, 0.15) is 70.2 Å². The van der Waals surface area contributed by atoms with Crippen LogP contribution in [0, 0.1) is 6.08 Å². The normalized spacial score (nSPS) is 12.0. The van der Waals surface area contributed by atoms with Gasteiger partial charge in [-0.1, -0.05) is 76.9 Å². The Labute approximate surface area is 301 Å². The Morgan fingerprint density at radius 3 is 1.43 bits per heavy atom. The van der Waals surface area contributed by atoms with Gasteiger partial charge in [-0.2, -0.15) is 6.08 Å². The fraction of sp³-hybridized carbons (Fsp3) is 0.231. The first-order valence-corrected chi connectivity index (χ1v) is 16.3.